The Morgan fingerprint density at radius 3 is 2.35 bits per heavy atom. The summed E-state index contributed by atoms with van der Waals surface area (Å²) in [6.07, 6.45) is -0.225. The van der Waals surface area contributed by atoms with Crippen LogP contribution in [0.2, 0.25) is 13.1 Å². The van der Waals surface area contributed by atoms with Gasteiger partial charge in [-0.25, -0.2) is 0 Å². The molecule has 6 heteroatoms. The molecule has 20 heavy (non-hydrogen) atoms. The average molecular weight is 296 g/mol. The van der Waals surface area contributed by atoms with E-state index in [9.17, 15) is 15.2 Å². The zero-order valence-corrected chi connectivity index (χ0v) is 13.6. The Morgan fingerprint density at radius 1 is 1.35 bits per heavy atom. The highest BCUT2D eigenvalue weighted by Crippen LogP contribution is 2.38. The van der Waals surface area contributed by atoms with Crippen LogP contribution in [0, 0.1) is 15.5 Å². The first-order chi connectivity index (χ1) is 9.15. The number of aliphatic hydroxyl groups is 1. The van der Waals surface area contributed by atoms with Crippen LogP contribution in [0.5, 0.6) is 0 Å². The zero-order chi connectivity index (χ0) is 15.5. The van der Waals surface area contributed by atoms with E-state index in [0.29, 0.717) is 5.56 Å². The molecule has 0 saturated heterocycles. The summed E-state index contributed by atoms with van der Waals surface area (Å²) in [5.41, 5.74) is 1.10. The second kappa shape index (κ2) is 6.47. The smallest absolute Gasteiger partial charge is 0.270 e. The summed E-state index contributed by atoms with van der Waals surface area (Å²) < 4.78 is 6.03. The quantitative estimate of drug-likeness (QED) is 0.513. The minimum absolute atomic E-state index is 0.00891. The van der Waals surface area contributed by atoms with E-state index in [-0.39, 0.29) is 23.8 Å². The molecular weight excluding hydrogens is 274 g/mol. The van der Waals surface area contributed by atoms with Crippen molar-refractivity contribution in [2.75, 3.05) is 0 Å². The van der Waals surface area contributed by atoms with E-state index in [0.717, 1.165) is 5.56 Å². The van der Waals surface area contributed by atoms with E-state index in [1.54, 1.807) is 12.1 Å². The van der Waals surface area contributed by atoms with E-state index < -0.39 is 14.0 Å². The number of nitro benzene ring substituents is 1. The van der Waals surface area contributed by atoms with Crippen molar-refractivity contribution in [2.24, 2.45) is 5.41 Å². The molecule has 0 fully saturated rings. The van der Waals surface area contributed by atoms with Crippen molar-refractivity contribution in [3.63, 3.8) is 0 Å². The Kier molecular flexibility index (Phi) is 5.44. The molecule has 1 aromatic carbocycles. The number of non-ortho nitro benzene ring substituents is 1. The Balaban J connectivity index is 3.31. The molecule has 111 valence electrons. The molecule has 0 amide bonds. The summed E-state index contributed by atoms with van der Waals surface area (Å²) in [5.74, 6) is 0. The van der Waals surface area contributed by atoms with Gasteiger partial charge in [0.05, 0.1) is 17.6 Å². The Morgan fingerprint density at radius 2 is 1.95 bits per heavy atom. The molecule has 0 heterocycles. The van der Waals surface area contributed by atoms with E-state index >= 15 is 0 Å². The standard InChI is InChI=1S/C14H22NO4Si/c1-14(2,3)13(19-20(4)5)11-6-10(9-16)7-12(8-11)15(17)18/h6-8,13,16H,9H2,1-5H3. The molecule has 1 radical (unpaired) electrons. The van der Waals surface area contributed by atoms with Crippen LogP contribution in [0.4, 0.5) is 5.69 Å². The summed E-state index contributed by atoms with van der Waals surface area (Å²) in [4.78, 5) is 10.6. The second-order valence-electron chi connectivity index (χ2n) is 6.12. The van der Waals surface area contributed by atoms with Gasteiger partial charge >= 0.3 is 0 Å². The van der Waals surface area contributed by atoms with Crippen molar-refractivity contribution >= 4 is 14.7 Å². The monoisotopic (exact) mass is 296 g/mol. The van der Waals surface area contributed by atoms with Gasteiger partial charge in [-0.15, -0.1) is 0 Å². The average Bonchev–Trinajstić information content (AvgIpc) is 2.33. The normalized spacial score (nSPS) is 13.6. The number of aliphatic hydroxyl groups excluding tert-OH is 1. The first-order valence-electron chi connectivity index (χ1n) is 6.51. The van der Waals surface area contributed by atoms with Gasteiger partial charge in [0, 0.05) is 12.1 Å². The first-order valence-corrected chi connectivity index (χ1v) is 8.92. The number of rotatable bonds is 5. The molecule has 1 rings (SSSR count). The molecule has 0 bridgehead atoms. The first kappa shape index (κ1) is 16.8. The summed E-state index contributed by atoms with van der Waals surface area (Å²) in [5, 5.41) is 20.3. The lowest BCUT2D eigenvalue weighted by molar-refractivity contribution is -0.385. The third-order valence-electron chi connectivity index (χ3n) is 2.84. The summed E-state index contributed by atoms with van der Waals surface area (Å²) >= 11 is 0. The lowest BCUT2D eigenvalue weighted by Gasteiger charge is -2.33. The van der Waals surface area contributed by atoms with Crippen molar-refractivity contribution in [3.05, 3.63) is 39.4 Å². The lowest BCUT2D eigenvalue weighted by Crippen LogP contribution is -2.26. The van der Waals surface area contributed by atoms with Gasteiger partial charge in [-0.1, -0.05) is 26.8 Å². The van der Waals surface area contributed by atoms with Crippen LogP contribution in [0.1, 0.15) is 38.0 Å². The molecule has 0 aromatic heterocycles. The summed E-state index contributed by atoms with van der Waals surface area (Å²) in [6, 6.07) is 4.72. The number of hydrogen-bond donors (Lipinski definition) is 1. The predicted molar refractivity (Wildman–Crippen MR) is 79.8 cm³/mol. The van der Waals surface area contributed by atoms with Crippen LogP contribution in [0.3, 0.4) is 0 Å². The van der Waals surface area contributed by atoms with Crippen molar-refractivity contribution in [1.82, 2.24) is 0 Å². The third-order valence-corrected chi connectivity index (χ3v) is 3.54. The van der Waals surface area contributed by atoms with E-state index in [1.165, 1.54) is 6.07 Å². The number of nitro groups is 1. The molecule has 0 spiro atoms. The molecule has 0 aliphatic heterocycles. The fourth-order valence-corrected chi connectivity index (χ4v) is 2.99. The fraction of sp³-hybridized carbons (Fsp3) is 0.571. The zero-order valence-electron chi connectivity index (χ0n) is 12.6. The van der Waals surface area contributed by atoms with Crippen LogP contribution < -0.4 is 0 Å². The molecular formula is C14H22NO4Si. The molecule has 5 nitrogen and oxygen atoms in total. The van der Waals surface area contributed by atoms with Crippen molar-refractivity contribution in [1.29, 1.82) is 0 Å². The highest BCUT2D eigenvalue weighted by molar-refractivity contribution is 6.48. The van der Waals surface area contributed by atoms with Crippen LogP contribution in [0.15, 0.2) is 18.2 Å². The third kappa shape index (κ3) is 4.40. The van der Waals surface area contributed by atoms with Gasteiger partial charge in [-0.05, 0) is 29.6 Å². The second-order valence-corrected chi connectivity index (χ2v) is 8.17. The van der Waals surface area contributed by atoms with E-state index in [1.807, 2.05) is 33.9 Å². The van der Waals surface area contributed by atoms with Gasteiger partial charge in [-0.3, -0.25) is 10.1 Å². The van der Waals surface area contributed by atoms with Crippen molar-refractivity contribution in [3.8, 4) is 0 Å². The fourth-order valence-electron chi connectivity index (χ4n) is 2.03. The minimum Gasteiger partial charge on any atom is -0.410 e. The Labute approximate surface area is 121 Å². The maximum atomic E-state index is 11.0. The summed E-state index contributed by atoms with van der Waals surface area (Å²) in [6.45, 7) is 9.98. The highest BCUT2D eigenvalue weighted by Gasteiger charge is 2.29. The number of nitrogens with zero attached hydrogens (tertiary/aromatic N) is 1. The van der Waals surface area contributed by atoms with Crippen LogP contribution in [-0.2, 0) is 11.0 Å². The number of benzene rings is 1. The maximum absolute atomic E-state index is 11.0. The molecule has 0 aliphatic carbocycles. The van der Waals surface area contributed by atoms with Crippen molar-refractivity contribution < 1.29 is 14.5 Å². The number of hydrogen-bond acceptors (Lipinski definition) is 4. The molecule has 1 aromatic rings. The molecule has 1 unspecified atom stereocenters. The van der Waals surface area contributed by atoms with E-state index in [2.05, 4.69) is 0 Å². The topological polar surface area (TPSA) is 72.6 Å². The van der Waals surface area contributed by atoms with E-state index in [4.69, 9.17) is 4.43 Å². The van der Waals surface area contributed by atoms with Gasteiger partial charge in [0.15, 0.2) is 0 Å². The van der Waals surface area contributed by atoms with Gasteiger partial charge in [0.25, 0.3) is 5.69 Å². The largest absolute Gasteiger partial charge is 0.410 e. The molecule has 1 N–H and O–H groups in total. The van der Waals surface area contributed by atoms with Gasteiger partial charge in [0.2, 0.25) is 9.04 Å². The van der Waals surface area contributed by atoms with Gasteiger partial charge in [0.1, 0.15) is 0 Å². The predicted octanol–water partition coefficient (Wildman–Crippen LogP) is 3.44. The highest BCUT2D eigenvalue weighted by atomic mass is 28.3. The summed E-state index contributed by atoms with van der Waals surface area (Å²) in [7, 11) is -0.947. The van der Waals surface area contributed by atoms with Gasteiger partial charge < -0.3 is 9.53 Å². The Bertz CT molecular complexity index is 483. The minimum atomic E-state index is -0.947. The Hall–Kier alpha value is -1.24. The van der Waals surface area contributed by atoms with Crippen molar-refractivity contribution in [2.45, 2.75) is 46.6 Å². The van der Waals surface area contributed by atoms with Crippen LogP contribution in [-0.4, -0.2) is 19.1 Å². The van der Waals surface area contributed by atoms with Gasteiger partial charge in [-0.2, -0.15) is 0 Å². The molecule has 1 atom stereocenters. The van der Waals surface area contributed by atoms with Crippen LogP contribution in [0.25, 0.3) is 0 Å². The molecule has 0 aliphatic rings. The maximum Gasteiger partial charge on any atom is 0.270 e. The lowest BCUT2D eigenvalue weighted by atomic mass is 9.84. The molecule has 0 saturated carbocycles. The SMILES string of the molecule is C[Si](C)OC(c1cc(CO)cc([N+](=O)[O-])c1)C(C)(C)C. The van der Waals surface area contributed by atoms with Crippen LogP contribution >= 0.6 is 0 Å².